The summed E-state index contributed by atoms with van der Waals surface area (Å²) in [5.74, 6) is -1.70. The number of rotatable bonds is 3. The molecule has 0 radical (unpaired) electrons. The molecule has 0 unspecified atom stereocenters. The third-order valence-corrected chi connectivity index (χ3v) is 1.39. The molecule has 0 aliphatic rings. The predicted octanol–water partition coefficient (Wildman–Crippen LogP) is -0.246. The Kier molecular flexibility index (Phi) is 2.63. The summed E-state index contributed by atoms with van der Waals surface area (Å²) in [6.45, 7) is -0.301. The Hall–Kier alpha value is -1.85. The monoisotopic (exact) mass is 184 g/mol. The van der Waals surface area contributed by atoms with Crippen molar-refractivity contribution in [3.05, 3.63) is 18.2 Å². The maximum atomic E-state index is 11.0. The standard InChI is InChI=1S/C7H8N2O4/c1-13-7(12)6-8-2-3-9(6)4-5(10)11/h2-3H,4H2,1H3,(H,10,11). The second-order valence-electron chi connectivity index (χ2n) is 2.26. The van der Waals surface area contributed by atoms with Crippen LogP contribution >= 0.6 is 0 Å². The van der Waals surface area contributed by atoms with E-state index in [9.17, 15) is 9.59 Å². The zero-order chi connectivity index (χ0) is 9.84. The van der Waals surface area contributed by atoms with Crippen molar-refractivity contribution in [2.24, 2.45) is 0 Å². The average Bonchev–Trinajstić information content (AvgIpc) is 2.50. The molecule has 0 aliphatic carbocycles. The van der Waals surface area contributed by atoms with Crippen LogP contribution < -0.4 is 0 Å². The SMILES string of the molecule is COC(=O)c1nccn1CC(=O)O. The van der Waals surface area contributed by atoms with E-state index < -0.39 is 11.9 Å². The van der Waals surface area contributed by atoms with Crippen molar-refractivity contribution in [1.82, 2.24) is 9.55 Å². The van der Waals surface area contributed by atoms with Crippen LogP contribution in [0.2, 0.25) is 0 Å². The lowest BCUT2D eigenvalue weighted by molar-refractivity contribution is -0.137. The normalized spacial score (nSPS) is 9.62. The first kappa shape index (κ1) is 9.24. The highest BCUT2D eigenvalue weighted by atomic mass is 16.5. The highest BCUT2D eigenvalue weighted by Gasteiger charge is 2.13. The van der Waals surface area contributed by atoms with Crippen LogP contribution in [-0.4, -0.2) is 33.7 Å². The molecule has 0 aromatic carbocycles. The van der Waals surface area contributed by atoms with Gasteiger partial charge >= 0.3 is 11.9 Å². The third kappa shape index (κ3) is 2.05. The maximum Gasteiger partial charge on any atom is 0.374 e. The zero-order valence-electron chi connectivity index (χ0n) is 6.93. The largest absolute Gasteiger partial charge is 0.480 e. The van der Waals surface area contributed by atoms with E-state index in [0.29, 0.717) is 0 Å². The lowest BCUT2D eigenvalue weighted by Gasteiger charge is -2.01. The van der Waals surface area contributed by atoms with Gasteiger partial charge in [0.05, 0.1) is 7.11 Å². The summed E-state index contributed by atoms with van der Waals surface area (Å²) in [6.07, 6.45) is 2.75. The van der Waals surface area contributed by atoms with E-state index in [0.717, 1.165) is 0 Å². The van der Waals surface area contributed by atoms with E-state index in [-0.39, 0.29) is 12.4 Å². The number of methoxy groups -OCH3 is 1. The number of carboxylic acids is 1. The molecule has 6 nitrogen and oxygen atoms in total. The van der Waals surface area contributed by atoms with Crippen molar-refractivity contribution < 1.29 is 19.4 Å². The molecule has 0 saturated carbocycles. The highest BCUT2D eigenvalue weighted by molar-refractivity contribution is 5.85. The Labute approximate surface area is 73.8 Å². The van der Waals surface area contributed by atoms with E-state index in [1.54, 1.807) is 0 Å². The number of carbonyl (C=O) groups excluding carboxylic acids is 1. The van der Waals surface area contributed by atoms with Crippen molar-refractivity contribution in [2.75, 3.05) is 7.11 Å². The van der Waals surface area contributed by atoms with Gasteiger partial charge in [0, 0.05) is 12.4 Å². The van der Waals surface area contributed by atoms with E-state index in [4.69, 9.17) is 5.11 Å². The first-order chi connectivity index (χ1) is 6.15. The van der Waals surface area contributed by atoms with Crippen LogP contribution in [0, 0.1) is 0 Å². The third-order valence-electron chi connectivity index (χ3n) is 1.39. The number of carboxylic acid groups (broad SMARTS) is 1. The lowest BCUT2D eigenvalue weighted by Crippen LogP contribution is -2.15. The van der Waals surface area contributed by atoms with Crippen LogP contribution in [0.15, 0.2) is 12.4 Å². The molecule has 0 aliphatic heterocycles. The predicted molar refractivity (Wildman–Crippen MR) is 41.2 cm³/mol. The molecule has 1 N–H and O–H groups in total. The molecule has 1 rings (SSSR count). The first-order valence-electron chi connectivity index (χ1n) is 3.46. The van der Waals surface area contributed by atoms with E-state index in [2.05, 4.69) is 9.72 Å². The molecule has 1 heterocycles. The number of hydrogen-bond acceptors (Lipinski definition) is 4. The fourth-order valence-electron chi connectivity index (χ4n) is 0.864. The molecule has 70 valence electrons. The van der Waals surface area contributed by atoms with Gasteiger partial charge in [0.1, 0.15) is 6.54 Å². The summed E-state index contributed by atoms with van der Waals surface area (Å²) in [6, 6.07) is 0. The van der Waals surface area contributed by atoms with Gasteiger partial charge in [0.2, 0.25) is 5.82 Å². The van der Waals surface area contributed by atoms with Crippen molar-refractivity contribution in [3.63, 3.8) is 0 Å². The van der Waals surface area contributed by atoms with Crippen molar-refractivity contribution in [2.45, 2.75) is 6.54 Å². The van der Waals surface area contributed by atoms with Crippen molar-refractivity contribution in [3.8, 4) is 0 Å². The van der Waals surface area contributed by atoms with Gasteiger partial charge in [-0.05, 0) is 0 Å². The number of imidazole rings is 1. The van der Waals surface area contributed by atoms with Gasteiger partial charge in [-0.25, -0.2) is 9.78 Å². The molecule has 13 heavy (non-hydrogen) atoms. The Balaban J connectivity index is 2.89. The molecule has 0 fully saturated rings. The Morgan fingerprint density at radius 2 is 2.38 bits per heavy atom. The maximum absolute atomic E-state index is 11.0. The van der Waals surface area contributed by atoms with Crippen LogP contribution in [0.1, 0.15) is 10.6 Å². The van der Waals surface area contributed by atoms with Crippen LogP contribution in [0.5, 0.6) is 0 Å². The van der Waals surface area contributed by atoms with Gasteiger partial charge in [-0.15, -0.1) is 0 Å². The molecule has 0 spiro atoms. The molecule has 0 saturated heterocycles. The molecular formula is C7H8N2O4. The van der Waals surface area contributed by atoms with E-state index in [1.807, 2.05) is 0 Å². The quantitative estimate of drug-likeness (QED) is 0.655. The number of esters is 1. The number of ether oxygens (including phenoxy) is 1. The Bertz CT molecular complexity index is 331. The van der Waals surface area contributed by atoms with E-state index in [1.165, 1.54) is 24.1 Å². The second kappa shape index (κ2) is 3.70. The Morgan fingerprint density at radius 1 is 1.69 bits per heavy atom. The summed E-state index contributed by atoms with van der Waals surface area (Å²) in [5.41, 5.74) is 0. The number of aromatic nitrogens is 2. The molecule has 0 bridgehead atoms. The fourth-order valence-corrected chi connectivity index (χ4v) is 0.864. The lowest BCUT2D eigenvalue weighted by atomic mass is 10.5. The molecule has 0 amide bonds. The number of carbonyl (C=O) groups is 2. The minimum absolute atomic E-state index is 0.00935. The molecule has 1 aromatic rings. The molecule has 0 atom stereocenters. The topological polar surface area (TPSA) is 81.4 Å². The first-order valence-corrected chi connectivity index (χ1v) is 3.46. The summed E-state index contributed by atoms with van der Waals surface area (Å²) >= 11 is 0. The zero-order valence-corrected chi connectivity index (χ0v) is 6.93. The van der Waals surface area contributed by atoms with Gasteiger partial charge in [-0.1, -0.05) is 0 Å². The molecular weight excluding hydrogens is 176 g/mol. The second-order valence-corrected chi connectivity index (χ2v) is 2.26. The number of nitrogens with zero attached hydrogens (tertiary/aromatic N) is 2. The smallest absolute Gasteiger partial charge is 0.374 e. The average molecular weight is 184 g/mol. The van der Waals surface area contributed by atoms with Gasteiger partial charge in [0.15, 0.2) is 0 Å². The van der Waals surface area contributed by atoms with Crippen LogP contribution in [-0.2, 0) is 16.1 Å². The summed E-state index contributed by atoms with van der Waals surface area (Å²) in [5, 5.41) is 8.46. The van der Waals surface area contributed by atoms with Crippen molar-refractivity contribution >= 4 is 11.9 Å². The highest BCUT2D eigenvalue weighted by Crippen LogP contribution is 1.99. The van der Waals surface area contributed by atoms with Gasteiger partial charge in [0.25, 0.3) is 0 Å². The fraction of sp³-hybridized carbons (Fsp3) is 0.286. The van der Waals surface area contributed by atoms with Crippen molar-refractivity contribution in [1.29, 1.82) is 0 Å². The minimum atomic E-state index is -1.04. The van der Waals surface area contributed by atoms with Gasteiger partial charge < -0.3 is 14.4 Å². The minimum Gasteiger partial charge on any atom is -0.480 e. The summed E-state index contributed by atoms with van der Waals surface area (Å²) in [4.78, 5) is 25.0. The number of hydrogen-bond donors (Lipinski definition) is 1. The summed E-state index contributed by atoms with van der Waals surface area (Å²) in [7, 11) is 1.21. The van der Waals surface area contributed by atoms with Crippen LogP contribution in [0.3, 0.4) is 0 Å². The van der Waals surface area contributed by atoms with E-state index >= 15 is 0 Å². The number of aliphatic carboxylic acids is 1. The van der Waals surface area contributed by atoms with Crippen LogP contribution in [0.25, 0.3) is 0 Å². The van der Waals surface area contributed by atoms with Gasteiger partial charge in [-0.3, -0.25) is 4.79 Å². The molecule has 1 aromatic heterocycles. The molecule has 6 heteroatoms. The van der Waals surface area contributed by atoms with Crippen LogP contribution in [0.4, 0.5) is 0 Å². The summed E-state index contributed by atoms with van der Waals surface area (Å²) < 4.78 is 5.60. The van der Waals surface area contributed by atoms with Gasteiger partial charge in [-0.2, -0.15) is 0 Å². The Morgan fingerprint density at radius 3 is 2.92 bits per heavy atom.